The number of rotatable bonds is 4. The van der Waals surface area contributed by atoms with Gasteiger partial charge in [0, 0.05) is 34.6 Å². The summed E-state index contributed by atoms with van der Waals surface area (Å²) in [5, 5.41) is 7.08. The summed E-state index contributed by atoms with van der Waals surface area (Å²) < 4.78 is 6.10. The van der Waals surface area contributed by atoms with Crippen LogP contribution in [0.1, 0.15) is 44.2 Å². The Morgan fingerprint density at radius 2 is 1.79 bits per heavy atom. The maximum Gasteiger partial charge on any atom is 0.287 e. The fraction of sp³-hybridized carbons (Fsp3) is 0.407. The van der Waals surface area contributed by atoms with E-state index >= 15 is 0 Å². The summed E-state index contributed by atoms with van der Waals surface area (Å²) in [5.41, 5.74) is 2.74. The predicted octanol–water partition coefficient (Wildman–Crippen LogP) is 4.91. The zero-order chi connectivity index (χ0) is 23.2. The van der Waals surface area contributed by atoms with E-state index < -0.39 is 5.41 Å². The number of carbonyl (C=O) groups excluding carboxylic acids is 2. The molecule has 2 N–H and O–H groups in total. The molecule has 0 radical (unpaired) electrons. The molecule has 6 rings (SSSR count). The number of piperidine rings is 3. The molecule has 3 fully saturated rings. The van der Waals surface area contributed by atoms with Gasteiger partial charge in [0.05, 0.1) is 0 Å². The average molecular weight is 446 g/mol. The van der Waals surface area contributed by atoms with Crippen molar-refractivity contribution in [2.45, 2.75) is 39.7 Å². The van der Waals surface area contributed by atoms with Crippen LogP contribution in [0.4, 0.5) is 5.69 Å². The highest BCUT2D eigenvalue weighted by Gasteiger charge is 2.35. The van der Waals surface area contributed by atoms with E-state index in [4.69, 9.17) is 4.42 Å². The normalized spacial score (nSPS) is 22.3. The highest BCUT2D eigenvalue weighted by atomic mass is 16.3. The van der Waals surface area contributed by atoms with Gasteiger partial charge in [0.2, 0.25) is 5.91 Å². The number of fused-ring (bicyclic) bond motifs is 4. The van der Waals surface area contributed by atoms with Crippen LogP contribution < -0.4 is 10.6 Å². The Kier molecular flexibility index (Phi) is 5.49. The second kappa shape index (κ2) is 8.34. The monoisotopic (exact) mass is 445 g/mol. The maximum absolute atomic E-state index is 13.0. The molecule has 3 saturated heterocycles. The van der Waals surface area contributed by atoms with Gasteiger partial charge in [-0.25, -0.2) is 0 Å². The van der Waals surface area contributed by atoms with Crippen LogP contribution in [0.15, 0.2) is 52.9 Å². The van der Waals surface area contributed by atoms with Crippen molar-refractivity contribution in [2.24, 2.45) is 11.3 Å². The van der Waals surface area contributed by atoms with E-state index in [2.05, 4.69) is 15.5 Å². The van der Waals surface area contributed by atoms with Gasteiger partial charge in [0.15, 0.2) is 5.76 Å². The lowest BCUT2D eigenvalue weighted by atomic mass is 9.84. The molecule has 33 heavy (non-hydrogen) atoms. The van der Waals surface area contributed by atoms with Gasteiger partial charge in [-0.1, -0.05) is 51.1 Å². The number of benzene rings is 2. The van der Waals surface area contributed by atoms with Crippen molar-refractivity contribution in [3.63, 3.8) is 0 Å². The third-order valence-electron chi connectivity index (χ3n) is 6.85. The summed E-state index contributed by atoms with van der Waals surface area (Å²) in [6.07, 6.45) is 2.30. The summed E-state index contributed by atoms with van der Waals surface area (Å²) >= 11 is 0. The van der Waals surface area contributed by atoms with E-state index in [-0.39, 0.29) is 17.9 Å². The lowest BCUT2D eigenvalue weighted by Crippen LogP contribution is -2.57. The van der Waals surface area contributed by atoms with Crippen LogP contribution in [0.2, 0.25) is 0 Å². The molecule has 2 aromatic carbocycles. The molecule has 3 aliphatic heterocycles. The molecule has 172 valence electrons. The molecule has 2 bridgehead atoms. The van der Waals surface area contributed by atoms with E-state index in [1.807, 2.05) is 69.3 Å². The van der Waals surface area contributed by atoms with Crippen molar-refractivity contribution in [3.05, 3.63) is 54.3 Å². The molecular formula is C27H31N3O3. The van der Waals surface area contributed by atoms with Crippen molar-refractivity contribution in [1.29, 1.82) is 0 Å². The van der Waals surface area contributed by atoms with Gasteiger partial charge >= 0.3 is 0 Å². The number of furan rings is 1. The second-order valence-corrected chi connectivity index (χ2v) is 10.3. The standard InChI is InChI=1S/C27H31N3O3/c1-27(2,3)26(32)28-20-8-4-6-18(14-20)21-9-5-7-19-15-23(33-24(19)21)25(31)29-22-16-30-12-10-17(22)11-13-30/h4-9,14-15,17,22H,10-13,16H2,1-3H3,(H,28,32)(H,29,31)/t22-/m0/s1. The molecule has 6 heteroatoms. The van der Waals surface area contributed by atoms with Crippen LogP contribution in [0.25, 0.3) is 22.1 Å². The molecule has 0 saturated carbocycles. The first-order valence-electron chi connectivity index (χ1n) is 11.8. The molecule has 2 amide bonds. The first-order valence-corrected chi connectivity index (χ1v) is 11.8. The fourth-order valence-electron chi connectivity index (χ4n) is 4.85. The zero-order valence-electron chi connectivity index (χ0n) is 19.5. The Hall–Kier alpha value is -3.12. The molecule has 0 spiro atoms. The molecule has 1 aromatic heterocycles. The first-order chi connectivity index (χ1) is 15.8. The van der Waals surface area contributed by atoms with Crippen LogP contribution in [-0.4, -0.2) is 42.4 Å². The molecule has 6 nitrogen and oxygen atoms in total. The third-order valence-corrected chi connectivity index (χ3v) is 6.85. The van der Waals surface area contributed by atoms with E-state index in [1.54, 1.807) is 0 Å². The van der Waals surface area contributed by atoms with E-state index in [9.17, 15) is 9.59 Å². The number of hydrogen-bond acceptors (Lipinski definition) is 4. The van der Waals surface area contributed by atoms with Crippen LogP contribution in [-0.2, 0) is 4.79 Å². The topological polar surface area (TPSA) is 74.6 Å². The lowest BCUT2D eigenvalue weighted by molar-refractivity contribution is -0.123. The van der Waals surface area contributed by atoms with Gasteiger partial charge in [-0.3, -0.25) is 9.59 Å². The molecular weight excluding hydrogens is 414 g/mol. The fourth-order valence-corrected chi connectivity index (χ4v) is 4.85. The lowest BCUT2D eigenvalue weighted by Gasteiger charge is -2.44. The van der Waals surface area contributed by atoms with Crippen LogP contribution in [0.5, 0.6) is 0 Å². The van der Waals surface area contributed by atoms with Gasteiger partial charge < -0.3 is 20.0 Å². The first kappa shape index (κ1) is 21.7. The Morgan fingerprint density at radius 3 is 2.48 bits per heavy atom. The number of carbonyl (C=O) groups is 2. The number of anilines is 1. The van der Waals surface area contributed by atoms with Crippen LogP contribution in [0, 0.1) is 11.3 Å². The summed E-state index contributed by atoms with van der Waals surface area (Å²) in [6, 6.07) is 15.6. The minimum absolute atomic E-state index is 0.0393. The predicted molar refractivity (Wildman–Crippen MR) is 130 cm³/mol. The van der Waals surface area contributed by atoms with Gasteiger partial charge in [-0.15, -0.1) is 0 Å². The van der Waals surface area contributed by atoms with Crippen molar-refractivity contribution >= 4 is 28.5 Å². The molecule has 0 aliphatic carbocycles. The quantitative estimate of drug-likeness (QED) is 0.599. The number of para-hydroxylation sites is 1. The smallest absolute Gasteiger partial charge is 0.287 e. The van der Waals surface area contributed by atoms with Crippen molar-refractivity contribution in [2.75, 3.05) is 25.0 Å². The molecule has 0 unspecified atom stereocenters. The largest absolute Gasteiger partial charge is 0.450 e. The molecule has 3 aromatic rings. The van der Waals surface area contributed by atoms with E-state index in [1.165, 1.54) is 0 Å². The van der Waals surface area contributed by atoms with Gasteiger partial charge in [-0.05, 0) is 55.6 Å². The SMILES string of the molecule is CC(C)(C)C(=O)Nc1cccc(-c2cccc3cc(C(=O)N[C@H]4CN5CCC4CC5)oc23)c1. The Morgan fingerprint density at radius 1 is 1.03 bits per heavy atom. The number of nitrogens with one attached hydrogen (secondary N) is 2. The van der Waals surface area contributed by atoms with Gasteiger partial charge in [-0.2, -0.15) is 0 Å². The highest BCUT2D eigenvalue weighted by molar-refractivity contribution is 6.01. The second-order valence-electron chi connectivity index (χ2n) is 10.3. The third kappa shape index (κ3) is 4.40. The number of hydrogen-bond donors (Lipinski definition) is 2. The Balaban J connectivity index is 1.40. The Bertz CT molecular complexity index is 1200. The highest BCUT2D eigenvalue weighted by Crippen LogP contribution is 2.33. The summed E-state index contributed by atoms with van der Waals surface area (Å²) in [7, 11) is 0. The van der Waals surface area contributed by atoms with Crippen LogP contribution >= 0.6 is 0 Å². The van der Waals surface area contributed by atoms with E-state index in [0.717, 1.165) is 54.7 Å². The van der Waals surface area contributed by atoms with Gasteiger partial charge in [0.25, 0.3) is 5.91 Å². The van der Waals surface area contributed by atoms with E-state index in [0.29, 0.717) is 17.3 Å². The summed E-state index contributed by atoms with van der Waals surface area (Å²) in [5.74, 6) is 0.709. The van der Waals surface area contributed by atoms with Crippen molar-refractivity contribution < 1.29 is 14.0 Å². The Labute approximate surface area is 194 Å². The van der Waals surface area contributed by atoms with Gasteiger partial charge in [0.1, 0.15) is 5.58 Å². The minimum Gasteiger partial charge on any atom is -0.450 e. The summed E-state index contributed by atoms with van der Waals surface area (Å²) in [6.45, 7) is 8.87. The minimum atomic E-state index is -0.478. The maximum atomic E-state index is 13.0. The number of nitrogens with zero attached hydrogens (tertiary/aromatic N) is 1. The molecule has 3 aliphatic rings. The van der Waals surface area contributed by atoms with Crippen LogP contribution in [0.3, 0.4) is 0 Å². The van der Waals surface area contributed by atoms with Crippen molar-refractivity contribution in [3.8, 4) is 11.1 Å². The zero-order valence-corrected chi connectivity index (χ0v) is 19.5. The average Bonchev–Trinajstić information content (AvgIpc) is 3.24. The number of amides is 2. The summed E-state index contributed by atoms with van der Waals surface area (Å²) in [4.78, 5) is 27.8. The molecule has 4 heterocycles. The molecule has 1 atom stereocenters. The van der Waals surface area contributed by atoms with Crippen molar-refractivity contribution in [1.82, 2.24) is 10.2 Å².